The van der Waals surface area contributed by atoms with Crippen LogP contribution in [0.4, 0.5) is 5.69 Å². The van der Waals surface area contributed by atoms with E-state index in [0.717, 1.165) is 5.69 Å². The molecule has 0 saturated carbocycles. The van der Waals surface area contributed by atoms with Gasteiger partial charge < -0.3 is 15.2 Å². The van der Waals surface area contributed by atoms with Crippen LogP contribution in [0.5, 0.6) is 5.75 Å². The van der Waals surface area contributed by atoms with E-state index in [2.05, 4.69) is 4.98 Å². The normalized spacial score (nSPS) is 10.2. The van der Waals surface area contributed by atoms with Crippen LogP contribution < -0.4 is 10.5 Å². The Morgan fingerprint density at radius 3 is 2.89 bits per heavy atom. The number of thiophene rings is 1. The first-order valence-corrected chi connectivity index (χ1v) is 6.49. The second-order valence-electron chi connectivity index (χ2n) is 3.92. The van der Waals surface area contributed by atoms with Crippen molar-refractivity contribution in [3.63, 3.8) is 0 Å². The van der Waals surface area contributed by atoms with Crippen molar-refractivity contribution in [3.8, 4) is 5.75 Å². The van der Waals surface area contributed by atoms with Crippen molar-refractivity contribution >= 4 is 23.0 Å². The van der Waals surface area contributed by atoms with Gasteiger partial charge in [0.05, 0.1) is 18.5 Å². The van der Waals surface area contributed by atoms with Gasteiger partial charge in [-0.3, -0.25) is 4.98 Å². The number of methoxy groups -OCH3 is 1. The lowest BCUT2D eigenvalue weighted by Crippen LogP contribution is -2.07. The van der Waals surface area contributed by atoms with Gasteiger partial charge in [0.2, 0.25) is 0 Å². The van der Waals surface area contributed by atoms with Crippen LogP contribution in [0.2, 0.25) is 0 Å². The largest absolute Gasteiger partial charge is 0.497 e. The average Bonchev–Trinajstić information content (AvgIpc) is 2.81. The minimum absolute atomic E-state index is 0.0915. The second kappa shape index (κ2) is 5.71. The minimum Gasteiger partial charge on any atom is -0.497 e. The average molecular weight is 278 g/mol. The highest BCUT2D eigenvalue weighted by Crippen LogP contribution is 2.20. The van der Waals surface area contributed by atoms with Crippen LogP contribution in [0.15, 0.2) is 23.6 Å². The lowest BCUT2D eigenvalue weighted by molar-refractivity contribution is 0.0474. The molecule has 6 heteroatoms. The first-order valence-electron chi connectivity index (χ1n) is 5.62. The Hall–Kier alpha value is -2.08. The first-order chi connectivity index (χ1) is 9.10. The van der Waals surface area contributed by atoms with E-state index in [-0.39, 0.29) is 6.61 Å². The molecule has 5 nitrogen and oxygen atoms in total. The Balaban J connectivity index is 2.05. The van der Waals surface area contributed by atoms with Gasteiger partial charge in [0.25, 0.3) is 0 Å². The molecule has 0 aliphatic carbocycles. The fourth-order valence-corrected chi connectivity index (χ4v) is 2.29. The summed E-state index contributed by atoms with van der Waals surface area (Å²) in [5.74, 6) is 0.254. The number of hydrogen-bond donors (Lipinski definition) is 1. The van der Waals surface area contributed by atoms with Gasteiger partial charge in [0.15, 0.2) is 0 Å². The van der Waals surface area contributed by atoms with Crippen LogP contribution in [0.1, 0.15) is 21.1 Å². The van der Waals surface area contributed by atoms with Crippen molar-refractivity contribution in [2.75, 3.05) is 12.8 Å². The van der Waals surface area contributed by atoms with Gasteiger partial charge in [-0.2, -0.15) is 0 Å². The fourth-order valence-electron chi connectivity index (χ4n) is 1.58. The number of carbonyl (C=O) groups is 1. The van der Waals surface area contributed by atoms with E-state index in [9.17, 15) is 4.79 Å². The van der Waals surface area contributed by atoms with Crippen LogP contribution >= 0.6 is 11.3 Å². The maximum atomic E-state index is 11.8. The summed E-state index contributed by atoms with van der Waals surface area (Å²) in [6.45, 7) is 1.94. The number of aromatic nitrogens is 1. The summed E-state index contributed by atoms with van der Waals surface area (Å²) in [6.07, 6.45) is 0. The van der Waals surface area contributed by atoms with Gasteiger partial charge >= 0.3 is 5.97 Å². The molecule has 0 bridgehead atoms. The smallest absolute Gasteiger partial charge is 0.350 e. The van der Waals surface area contributed by atoms with Gasteiger partial charge in [-0.15, -0.1) is 11.3 Å². The molecule has 2 N–H and O–H groups in total. The highest BCUT2D eigenvalue weighted by atomic mass is 32.1. The quantitative estimate of drug-likeness (QED) is 0.869. The summed E-state index contributed by atoms with van der Waals surface area (Å²) in [4.78, 5) is 16.5. The molecule has 2 heterocycles. The monoisotopic (exact) mass is 278 g/mol. The highest BCUT2D eigenvalue weighted by Gasteiger charge is 2.13. The zero-order chi connectivity index (χ0) is 13.8. The number of carbonyl (C=O) groups excluding carboxylic acids is 1. The number of hydrogen-bond acceptors (Lipinski definition) is 6. The second-order valence-corrected chi connectivity index (χ2v) is 4.84. The molecule has 100 valence electrons. The molecule has 2 aromatic heterocycles. The van der Waals surface area contributed by atoms with Crippen molar-refractivity contribution in [1.29, 1.82) is 0 Å². The SMILES string of the molecule is COc1cc(C)nc(COC(=O)c2sccc2N)c1. The Morgan fingerprint density at radius 2 is 2.26 bits per heavy atom. The maximum Gasteiger partial charge on any atom is 0.350 e. The number of aryl methyl sites for hydroxylation is 1. The standard InChI is InChI=1S/C13H14N2O3S/c1-8-5-10(17-2)6-9(15-8)7-18-13(16)12-11(14)3-4-19-12/h3-6H,7,14H2,1-2H3. The molecule has 2 rings (SSSR count). The molecule has 0 aromatic carbocycles. The van der Waals surface area contributed by atoms with Crippen LogP contribution in [0.3, 0.4) is 0 Å². The zero-order valence-electron chi connectivity index (χ0n) is 10.7. The summed E-state index contributed by atoms with van der Waals surface area (Å²) < 4.78 is 10.3. The van der Waals surface area contributed by atoms with Crippen LogP contribution in [0, 0.1) is 6.92 Å². The van der Waals surface area contributed by atoms with Gasteiger partial charge in [-0.25, -0.2) is 4.79 Å². The predicted molar refractivity (Wildman–Crippen MR) is 73.4 cm³/mol. The molecule has 0 radical (unpaired) electrons. The summed E-state index contributed by atoms with van der Waals surface area (Å²) >= 11 is 1.26. The molecule has 0 aliphatic heterocycles. The topological polar surface area (TPSA) is 74.4 Å². The number of anilines is 1. The van der Waals surface area contributed by atoms with Gasteiger partial charge in [0.1, 0.15) is 17.2 Å². The Kier molecular flexibility index (Phi) is 4.01. The predicted octanol–water partition coefficient (Wildman–Crippen LogP) is 2.40. The first kappa shape index (κ1) is 13.4. The van der Waals surface area contributed by atoms with Crippen LogP contribution in [-0.2, 0) is 11.3 Å². The van der Waals surface area contributed by atoms with Crippen LogP contribution in [-0.4, -0.2) is 18.1 Å². The third-order valence-electron chi connectivity index (χ3n) is 2.45. The summed E-state index contributed by atoms with van der Waals surface area (Å²) in [5, 5.41) is 1.75. The van der Waals surface area contributed by atoms with Crippen molar-refractivity contribution in [3.05, 3.63) is 39.8 Å². The van der Waals surface area contributed by atoms with E-state index in [0.29, 0.717) is 22.0 Å². The number of rotatable bonds is 4. The molecule has 0 spiro atoms. The summed E-state index contributed by atoms with van der Waals surface area (Å²) in [5.41, 5.74) is 7.53. The van der Waals surface area contributed by atoms with E-state index < -0.39 is 5.97 Å². The third-order valence-corrected chi connectivity index (χ3v) is 3.36. The number of nitrogens with zero attached hydrogens (tertiary/aromatic N) is 1. The van der Waals surface area contributed by atoms with Crippen molar-refractivity contribution < 1.29 is 14.3 Å². The van der Waals surface area contributed by atoms with E-state index in [1.165, 1.54) is 11.3 Å². The van der Waals surface area contributed by atoms with E-state index >= 15 is 0 Å². The molecule has 0 fully saturated rings. The maximum absolute atomic E-state index is 11.8. The molecular weight excluding hydrogens is 264 g/mol. The number of pyridine rings is 1. The van der Waals surface area contributed by atoms with E-state index in [4.69, 9.17) is 15.2 Å². The van der Waals surface area contributed by atoms with E-state index in [1.54, 1.807) is 24.6 Å². The molecule has 19 heavy (non-hydrogen) atoms. The summed E-state index contributed by atoms with van der Waals surface area (Å²) in [7, 11) is 1.58. The number of nitrogens with two attached hydrogens (primary N) is 1. The Labute approximate surface area is 115 Å². The molecule has 0 atom stereocenters. The third kappa shape index (κ3) is 3.23. The minimum atomic E-state index is -0.435. The summed E-state index contributed by atoms with van der Waals surface area (Å²) in [6, 6.07) is 5.22. The molecule has 0 saturated heterocycles. The van der Waals surface area contributed by atoms with Gasteiger partial charge in [-0.05, 0) is 18.4 Å². The Bertz CT molecular complexity index is 595. The van der Waals surface area contributed by atoms with Gasteiger partial charge in [0, 0.05) is 17.8 Å². The fraction of sp³-hybridized carbons (Fsp3) is 0.231. The number of nitrogen functional groups attached to an aromatic ring is 1. The zero-order valence-corrected chi connectivity index (χ0v) is 11.5. The van der Waals surface area contributed by atoms with Crippen LogP contribution in [0.25, 0.3) is 0 Å². The lowest BCUT2D eigenvalue weighted by Gasteiger charge is -2.07. The Morgan fingerprint density at radius 1 is 1.47 bits per heavy atom. The highest BCUT2D eigenvalue weighted by molar-refractivity contribution is 7.12. The molecule has 0 aliphatic rings. The van der Waals surface area contributed by atoms with Crippen molar-refractivity contribution in [2.45, 2.75) is 13.5 Å². The molecule has 0 unspecified atom stereocenters. The van der Waals surface area contributed by atoms with Crippen molar-refractivity contribution in [2.24, 2.45) is 0 Å². The number of esters is 1. The van der Waals surface area contributed by atoms with E-state index in [1.807, 2.05) is 13.0 Å². The van der Waals surface area contributed by atoms with Crippen molar-refractivity contribution in [1.82, 2.24) is 4.98 Å². The molecule has 2 aromatic rings. The lowest BCUT2D eigenvalue weighted by atomic mass is 10.3. The van der Waals surface area contributed by atoms with Gasteiger partial charge in [-0.1, -0.05) is 0 Å². The molecular formula is C13H14N2O3S. The molecule has 0 amide bonds. The number of ether oxygens (including phenoxy) is 2.